The van der Waals surface area contributed by atoms with E-state index in [0.29, 0.717) is 5.88 Å². The molecule has 1 aromatic heterocycles. The van der Waals surface area contributed by atoms with E-state index < -0.39 is 0 Å². The zero-order chi connectivity index (χ0) is 9.97. The molecule has 0 atom stereocenters. The van der Waals surface area contributed by atoms with Gasteiger partial charge in [-0.1, -0.05) is 30.3 Å². The van der Waals surface area contributed by atoms with Crippen LogP contribution < -0.4 is 0 Å². The van der Waals surface area contributed by atoms with Crippen molar-refractivity contribution in [2.45, 2.75) is 12.8 Å². The van der Waals surface area contributed by atoms with Crippen LogP contribution in [0, 0.1) is 6.92 Å². The fourth-order valence-corrected chi connectivity index (χ4v) is 1.59. The number of aryl methyl sites for hydroxylation is 1. The van der Waals surface area contributed by atoms with Gasteiger partial charge in [-0.15, -0.1) is 11.6 Å². The lowest BCUT2D eigenvalue weighted by molar-refractivity contribution is 1.10. The van der Waals surface area contributed by atoms with E-state index >= 15 is 0 Å². The Bertz CT molecular complexity index is 420. The summed E-state index contributed by atoms with van der Waals surface area (Å²) in [5.41, 5.74) is 3.17. The Kier molecular flexibility index (Phi) is 2.55. The van der Waals surface area contributed by atoms with Crippen LogP contribution in [0.25, 0.3) is 11.3 Å². The highest BCUT2D eigenvalue weighted by atomic mass is 35.5. The molecule has 0 saturated carbocycles. The molecule has 0 saturated heterocycles. The van der Waals surface area contributed by atoms with Gasteiger partial charge < -0.3 is 4.98 Å². The van der Waals surface area contributed by atoms with Crippen molar-refractivity contribution >= 4 is 11.6 Å². The quantitative estimate of drug-likeness (QED) is 0.752. The Hall–Kier alpha value is -1.28. The first-order valence-corrected chi connectivity index (χ1v) is 5.01. The van der Waals surface area contributed by atoms with Crippen molar-refractivity contribution in [1.29, 1.82) is 0 Å². The molecule has 14 heavy (non-hydrogen) atoms. The molecule has 1 heterocycles. The van der Waals surface area contributed by atoms with E-state index in [0.717, 1.165) is 22.8 Å². The monoisotopic (exact) mass is 206 g/mol. The third kappa shape index (κ3) is 1.66. The van der Waals surface area contributed by atoms with Crippen LogP contribution in [0.3, 0.4) is 0 Å². The number of imidazole rings is 1. The molecule has 0 radical (unpaired) electrons. The van der Waals surface area contributed by atoms with Gasteiger partial charge in [0.1, 0.15) is 5.82 Å². The van der Waals surface area contributed by atoms with Crippen molar-refractivity contribution in [3.05, 3.63) is 41.9 Å². The molecule has 3 heteroatoms. The lowest BCUT2D eigenvalue weighted by Crippen LogP contribution is -1.80. The highest BCUT2D eigenvalue weighted by Gasteiger charge is 2.06. The molecule has 0 aliphatic rings. The van der Waals surface area contributed by atoms with Crippen LogP contribution in [-0.4, -0.2) is 9.97 Å². The van der Waals surface area contributed by atoms with Gasteiger partial charge in [0.15, 0.2) is 0 Å². The highest BCUT2D eigenvalue weighted by Crippen LogP contribution is 2.20. The summed E-state index contributed by atoms with van der Waals surface area (Å²) in [6.45, 7) is 2.01. The van der Waals surface area contributed by atoms with Gasteiger partial charge in [-0.2, -0.15) is 0 Å². The van der Waals surface area contributed by atoms with Crippen LogP contribution in [0.4, 0.5) is 0 Å². The predicted octanol–water partition coefficient (Wildman–Crippen LogP) is 3.12. The Morgan fingerprint density at radius 1 is 1.29 bits per heavy atom. The van der Waals surface area contributed by atoms with Crippen LogP contribution in [0.1, 0.15) is 11.5 Å². The normalized spacial score (nSPS) is 10.4. The minimum Gasteiger partial charge on any atom is -0.345 e. The van der Waals surface area contributed by atoms with Gasteiger partial charge in [0.25, 0.3) is 0 Å². The standard InChI is InChI=1S/C11H11ClN2/c1-8-11(14-10(7-12)13-8)9-5-3-2-4-6-9/h2-6H,7H2,1H3,(H,13,14). The minimum atomic E-state index is 0.424. The van der Waals surface area contributed by atoms with E-state index in [2.05, 4.69) is 9.97 Å². The lowest BCUT2D eigenvalue weighted by Gasteiger charge is -1.96. The molecule has 0 amide bonds. The van der Waals surface area contributed by atoms with Crippen LogP contribution >= 0.6 is 11.6 Å². The fourth-order valence-electron chi connectivity index (χ4n) is 1.46. The Labute approximate surface area is 88.0 Å². The number of benzene rings is 1. The second kappa shape index (κ2) is 3.84. The average Bonchev–Trinajstić information content (AvgIpc) is 2.61. The third-order valence-electron chi connectivity index (χ3n) is 2.11. The van der Waals surface area contributed by atoms with E-state index in [1.54, 1.807) is 0 Å². The average molecular weight is 207 g/mol. The summed E-state index contributed by atoms with van der Waals surface area (Å²) < 4.78 is 0. The van der Waals surface area contributed by atoms with Crippen molar-refractivity contribution in [2.24, 2.45) is 0 Å². The summed E-state index contributed by atoms with van der Waals surface area (Å²) in [7, 11) is 0. The Morgan fingerprint density at radius 3 is 2.57 bits per heavy atom. The van der Waals surface area contributed by atoms with Gasteiger partial charge in [0.05, 0.1) is 11.6 Å². The molecule has 0 aliphatic carbocycles. The first kappa shape index (κ1) is 9.28. The zero-order valence-corrected chi connectivity index (χ0v) is 8.67. The number of nitrogens with one attached hydrogen (secondary N) is 1. The number of halogens is 1. The van der Waals surface area contributed by atoms with Crippen LogP contribution in [0.2, 0.25) is 0 Å². The topological polar surface area (TPSA) is 28.7 Å². The molecule has 1 aromatic carbocycles. The number of hydrogen-bond donors (Lipinski definition) is 1. The SMILES string of the molecule is Cc1[nH]c(CCl)nc1-c1ccccc1. The maximum Gasteiger partial charge on any atom is 0.121 e. The molecule has 2 rings (SSSR count). The Balaban J connectivity index is 2.46. The number of aromatic nitrogens is 2. The van der Waals surface area contributed by atoms with Gasteiger partial charge in [0.2, 0.25) is 0 Å². The first-order chi connectivity index (χ1) is 6.81. The molecule has 2 nitrogen and oxygen atoms in total. The van der Waals surface area contributed by atoms with Crippen molar-refractivity contribution in [3.8, 4) is 11.3 Å². The number of alkyl halides is 1. The van der Waals surface area contributed by atoms with Crippen LogP contribution in [0.15, 0.2) is 30.3 Å². The summed E-state index contributed by atoms with van der Waals surface area (Å²) >= 11 is 5.71. The molecule has 72 valence electrons. The second-order valence-electron chi connectivity index (χ2n) is 3.16. The molecule has 0 aliphatic heterocycles. The number of rotatable bonds is 2. The van der Waals surface area contributed by atoms with Gasteiger partial charge in [-0.3, -0.25) is 0 Å². The molecular formula is C11H11ClN2. The summed E-state index contributed by atoms with van der Waals surface area (Å²) in [6, 6.07) is 10.1. The Morgan fingerprint density at radius 2 is 2.00 bits per heavy atom. The van der Waals surface area contributed by atoms with Crippen LogP contribution in [-0.2, 0) is 5.88 Å². The number of nitrogens with zero attached hydrogens (tertiary/aromatic N) is 1. The van der Waals surface area contributed by atoms with E-state index in [4.69, 9.17) is 11.6 Å². The molecule has 0 fully saturated rings. The van der Waals surface area contributed by atoms with Crippen molar-refractivity contribution in [3.63, 3.8) is 0 Å². The van der Waals surface area contributed by atoms with Crippen molar-refractivity contribution < 1.29 is 0 Å². The maximum atomic E-state index is 5.71. The molecular weight excluding hydrogens is 196 g/mol. The molecule has 0 bridgehead atoms. The number of H-pyrrole nitrogens is 1. The maximum absolute atomic E-state index is 5.71. The van der Waals surface area contributed by atoms with Crippen molar-refractivity contribution in [1.82, 2.24) is 9.97 Å². The predicted molar refractivity (Wildman–Crippen MR) is 58.3 cm³/mol. The molecule has 1 N–H and O–H groups in total. The van der Waals surface area contributed by atoms with E-state index in [9.17, 15) is 0 Å². The third-order valence-corrected chi connectivity index (χ3v) is 2.36. The summed E-state index contributed by atoms with van der Waals surface area (Å²) in [5, 5.41) is 0. The first-order valence-electron chi connectivity index (χ1n) is 4.48. The minimum absolute atomic E-state index is 0.424. The smallest absolute Gasteiger partial charge is 0.121 e. The van der Waals surface area contributed by atoms with Gasteiger partial charge in [-0.25, -0.2) is 4.98 Å². The second-order valence-corrected chi connectivity index (χ2v) is 3.42. The molecule has 0 spiro atoms. The van der Waals surface area contributed by atoms with Gasteiger partial charge >= 0.3 is 0 Å². The van der Waals surface area contributed by atoms with Gasteiger partial charge in [0, 0.05) is 11.3 Å². The summed E-state index contributed by atoms with van der Waals surface area (Å²) in [4.78, 5) is 7.56. The number of hydrogen-bond acceptors (Lipinski definition) is 1. The lowest BCUT2D eigenvalue weighted by atomic mass is 10.1. The molecule has 2 aromatic rings. The summed E-state index contributed by atoms with van der Waals surface area (Å²) in [6.07, 6.45) is 0. The molecule has 0 unspecified atom stereocenters. The summed E-state index contributed by atoms with van der Waals surface area (Å²) in [5.74, 6) is 1.25. The van der Waals surface area contributed by atoms with E-state index in [-0.39, 0.29) is 0 Å². The van der Waals surface area contributed by atoms with Crippen LogP contribution in [0.5, 0.6) is 0 Å². The zero-order valence-electron chi connectivity index (χ0n) is 7.92. The van der Waals surface area contributed by atoms with E-state index in [1.807, 2.05) is 37.3 Å². The highest BCUT2D eigenvalue weighted by molar-refractivity contribution is 6.16. The number of aromatic amines is 1. The fraction of sp³-hybridized carbons (Fsp3) is 0.182. The van der Waals surface area contributed by atoms with E-state index in [1.165, 1.54) is 0 Å². The van der Waals surface area contributed by atoms with Crippen molar-refractivity contribution in [2.75, 3.05) is 0 Å². The largest absolute Gasteiger partial charge is 0.345 e. The van der Waals surface area contributed by atoms with Gasteiger partial charge in [-0.05, 0) is 6.92 Å².